The molecule has 32 heavy (non-hydrogen) atoms. The molecule has 1 fully saturated rings. The molecule has 7 nitrogen and oxygen atoms in total. The highest BCUT2D eigenvalue weighted by Crippen LogP contribution is 2.52. The zero-order valence-corrected chi connectivity index (χ0v) is 19.1. The number of rotatable bonds is 7. The van der Waals surface area contributed by atoms with E-state index < -0.39 is 33.4 Å². The van der Waals surface area contributed by atoms with Gasteiger partial charge in [-0.3, -0.25) is 4.79 Å². The number of halogens is 1. The Morgan fingerprint density at radius 3 is 2.53 bits per heavy atom. The number of thiophene rings is 1. The summed E-state index contributed by atoms with van der Waals surface area (Å²) in [5.74, 6) is -2.44. The molecule has 4 rings (SSSR count). The van der Waals surface area contributed by atoms with Crippen molar-refractivity contribution in [2.75, 3.05) is 7.11 Å². The number of esters is 1. The van der Waals surface area contributed by atoms with Crippen molar-refractivity contribution in [3.63, 3.8) is 0 Å². The third-order valence-corrected chi connectivity index (χ3v) is 8.73. The molecular weight excluding hydrogens is 474 g/mol. The predicted molar refractivity (Wildman–Crippen MR) is 121 cm³/mol. The molecule has 0 spiro atoms. The van der Waals surface area contributed by atoms with Gasteiger partial charge in [0, 0.05) is 15.8 Å². The molecule has 1 saturated carbocycles. The Balaban J connectivity index is 1.60. The largest absolute Gasteiger partial charge is 0.480 e. The molecule has 0 saturated heterocycles. The molecule has 0 amide bonds. The second kappa shape index (κ2) is 8.32. The number of carbonyl (C=O) groups is 2. The summed E-state index contributed by atoms with van der Waals surface area (Å²) in [6.45, 7) is 0. The van der Waals surface area contributed by atoms with Crippen molar-refractivity contribution in [3.05, 3.63) is 76.8 Å². The number of carboxylic acids is 1. The number of hydrogen-bond donors (Lipinski definition) is 2. The van der Waals surface area contributed by atoms with E-state index in [-0.39, 0.29) is 16.2 Å². The second-order valence-corrected chi connectivity index (χ2v) is 10.8. The van der Waals surface area contributed by atoms with Gasteiger partial charge in [0.15, 0.2) is 0 Å². The van der Waals surface area contributed by atoms with Crippen molar-refractivity contribution < 1.29 is 27.9 Å². The fourth-order valence-corrected chi connectivity index (χ4v) is 6.42. The molecule has 1 heterocycles. The summed E-state index contributed by atoms with van der Waals surface area (Å²) >= 11 is 6.94. The van der Waals surface area contributed by atoms with Gasteiger partial charge < -0.3 is 9.84 Å². The quantitative estimate of drug-likeness (QED) is 0.480. The summed E-state index contributed by atoms with van der Waals surface area (Å²) in [6.07, 6.45) is 0.0710. The van der Waals surface area contributed by atoms with Gasteiger partial charge in [0.2, 0.25) is 0 Å². The number of benzene rings is 2. The van der Waals surface area contributed by atoms with Gasteiger partial charge >= 0.3 is 11.9 Å². The highest BCUT2D eigenvalue weighted by Gasteiger charge is 2.63. The Morgan fingerprint density at radius 1 is 1.16 bits per heavy atom. The molecule has 1 aliphatic carbocycles. The first-order valence-corrected chi connectivity index (χ1v) is 12.2. The van der Waals surface area contributed by atoms with Crippen LogP contribution in [0.1, 0.15) is 28.3 Å². The number of methoxy groups -OCH3 is 1. The minimum atomic E-state index is -4.10. The average molecular weight is 492 g/mol. The summed E-state index contributed by atoms with van der Waals surface area (Å²) in [7, 11) is -2.85. The lowest BCUT2D eigenvalue weighted by atomic mass is 10.0. The Bertz CT molecular complexity index is 1300. The second-order valence-electron chi connectivity index (χ2n) is 7.38. The summed E-state index contributed by atoms with van der Waals surface area (Å²) in [5.41, 5.74) is -0.0634. The molecular formula is C22H18ClNO6S2. The van der Waals surface area contributed by atoms with E-state index in [1.54, 1.807) is 48.5 Å². The van der Waals surface area contributed by atoms with Crippen LogP contribution in [0, 0.1) is 0 Å². The lowest BCUT2D eigenvalue weighted by molar-refractivity contribution is -0.140. The van der Waals surface area contributed by atoms with Crippen LogP contribution < -0.4 is 4.72 Å². The maximum atomic E-state index is 13.0. The van der Waals surface area contributed by atoms with Gasteiger partial charge in [0.1, 0.15) is 9.75 Å². The van der Waals surface area contributed by atoms with Gasteiger partial charge in [0.05, 0.1) is 12.7 Å². The van der Waals surface area contributed by atoms with Gasteiger partial charge in [-0.2, -0.15) is 4.72 Å². The van der Waals surface area contributed by atoms with Gasteiger partial charge in [-0.15, -0.1) is 11.3 Å². The molecule has 0 aliphatic heterocycles. The topological polar surface area (TPSA) is 110 Å². The zero-order chi connectivity index (χ0) is 23.1. The standard InChI is InChI=1S/C22H18ClNO6S2/c1-30-20(25)15-4-2-3-14(11-15)17-12-22(17,21(26)27)24-32(28,29)19-10-9-18(31-19)13-5-7-16(23)8-6-13/h2-11,17,24H,12H2,1H3,(H,26,27)/t17-,22+/m1/s1. The molecule has 166 valence electrons. The van der Waals surface area contributed by atoms with Crippen LogP contribution in [0.5, 0.6) is 0 Å². The lowest BCUT2D eigenvalue weighted by Crippen LogP contribution is -2.44. The van der Waals surface area contributed by atoms with Crippen LogP contribution in [-0.4, -0.2) is 38.1 Å². The van der Waals surface area contributed by atoms with Crippen molar-refractivity contribution in [1.29, 1.82) is 0 Å². The lowest BCUT2D eigenvalue weighted by Gasteiger charge is -2.15. The van der Waals surface area contributed by atoms with E-state index in [1.165, 1.54) is 19.2 Å². The molecule has 2 aromatic carbocycles. The fourth-order valence-electron chi connectivity index (χ4n) is 3.58. The van der Waals surface area contributed by atoms with Gasteiger partial charge in [-0.05, 0) is 53.9 Å². The molecule has 1 aliphatic rings. The van der Waals surface area contributed by atoms with Crippen LogP contribution in [0.4, 0.5) is 0 Å². The van der Waals surface area contributed by atoms with Gasteiger partial charge in [0.25, 0.3) is 10.0 Å². The summed E-state index contributed by atoms with van der Waals surface area (Å²) in [5, 5.41) is 10.4. The summed E-state index contributed by atoms with van der Waals surface area (Å²) in [6, 6.07) is 16.4. The highest BCUT2D eigenvalue weighted by atomic mass is 35.5. The number of ether oxygens (including phenoxy) is 1. The monoisotopic (exact) mass is 491 g/mol. The molecule has 1 aromatic heterocycles. The van der Waals surface area contributed by atoms with Crippen LogP contribution in [0.15, 0.2) is 64.9 Å². The van der Waals surface area contributed by atoms with Crippen molar-refractivity contribution >= 4 is 44.9 Å². The minimum absolute atomic E-state index is 0.0111. The van der Waals surface area contributed by atoms with E-state index in [4.69, 9.17) is 16.3 Å². The first kappa shape index (κ1) is 22.5. The smallest absolute Gasteiger partial charge is 0.337 e. The maximum absolute atomic E-state index is 13.0. The molecule has 0 bridgehead atoms. The first-order chi connectivity index (χ1) is 15.2. The molecule has 0 unspecified atom stereocenters. The Labute approximate surface area is 193 Å². The van der Waals surface area contributed by atoms with Crippen molar-refractivity contribution in [2.24, 2.45) is 0 Å². The normalized spacial score (nSPS) is 20.0. The number of hydrogen-bond acceptors (Lipinski definition) is 6. The van der Waals surface area contributed by atoms with Crippen LogP contribution in [0.25, 0.3) is 10.4 Å². The average Bonchev–Trinajstić information content (AvgIpc) is 3.27. The van der Waals surface area contributed by atoms with E-state index >= 15 is 0 Å². The van der Waals surface area contributed by atoms with E-state index in [2.05, 4.69) is 4.72 Å². The van der Waals surface area contributed by atoms with Gasteiger partial charge in [-0.1, -0.05) is 35.9 Å². The van der Waals surface area contributed by atoms with E-state index in [0.717, 1.165) is 16.9 Å². The predicted octanol–water partition coefficient (Wildman–Crippen LogP) is 4.14. The van der Waals surface area contributed by atoms with Gasteiger partial charge in [-0.25, -0.2) is 13.2 Å². The SMILES string of the molecule is COC(=O)c1cccc([C@H]2C[C@@]2(NS(=O)(=O)c2ccc(-c3ccc(Cl)cc3)s2)C(=O)O)c1. The molecule has 2 atom stereocenters. The number of carboxylic acid groups (broad SMARTS) is 1. The maximum Gasteiger partial charge on any atom is 0.337 e. The first-order valence-electron chi connectivity index (χ1n) is 9.48. The summed E-state index contributed by atoms with van der Waals surface area (Å²) in [4.78, 5) is 24.6. The van der Waals surface area contributed by atoms with Crippen molar-refractivity contribution in [1.82, 2.24) is 4.72 Å². The van der Waals surface area contributed by atoms with Crippen molar-refractivity contribution in [2.45, 2.75) is 22.1 Å². The fraction of sp³-hybridized carbons (Fsp3) is 0.182. The van der Waals surface area contributed by atoms with E-state index in [0.29, 0.717) is 15.5 Å². The third-order valence-electron chi connectivity index (χ3n) is 5.34. The zero-order valence-electron chi connectivity index (χ0n) is 16.7. The Hall–Kier alpha value is -2.72. The molecule has 2 N–H and O–H groups in total. The summed E-state index contributed by atoms with van der Waals surface area (Å²) < 4.78 is 33.2. The third kappa shape index (κ3) is 4.16. The van der Waals surface area contributed by atoms with Crippen LogP contribution in [0.3, 0.4) is 0 Å². The van der Waals surface area contributed by atoms with Crippen LogP contribution in [0.2, 0.25) is 5.02 Å². The Kier molecular flexibility index (Phi) is 5.85. The van der Waals surface area contributed by atoms with Crippen molar-refractivity contribution in [3.8, 4) is 10.4 Å². The number of carbonyl (C=O) groups excluding carboxylic acids is 1. The highest BCUT2D eigenvalue weighted by molar-refractivity contribution is 7.91. The van der Waals surface area contributed by atoms with Crippen LogP contribution in [-0.2, 0) is 19.6 Å². The van der Waals surface area contributed by atoms with E-state index in [1.807, 2.05) is 0 Å². The molecule has 3 aromatic rings. The number of aliphatic carboxylic acids is 1. The molecule has 0 radical (unpaired) electrons. The minimum Gasteiger partial charge on any atom is -0.480 e. The van der Waals surface area contributed by atoms with Crippen LogP contribution >= 0.6 is 22.9 Å². The Morgan fingerprint density at radius 2 is 1.88 bits per heavy atom. The number of nitrogens with one attached hydrogen (secondary N) is 1. The van der Waals surface area contributed by atoms with E-state index in [9.17, 15) is 23.1 Å². The number of sulfonamides is 1. The molecule has 10 heteroatoms.